The molecule has 1 saturated carbocycles. The van der Waals surface area contributed by atoms with E-state index in [0.29, 0.717) is 38.5 Å². The normalized spacial score (nSPS) is 22.3. The van der Waals surface area contributed by atoms with E-state index in [1.807, 2.05) is 4.90 Å². The number of sulfonamides is 1. The molecule has 0 aromatic carbocycles. The molecule has 0 bridgehead atoms. The molecule has 1 aliphatic carbocycles. The first-order valence-electron chi connectivity index (χ1n) is 11.5. The molecule has 1 amide bonds. The van der Waals surface area contributed by atoms with Gasteiger partial charge >= 0.3 is 0 Å². The number of hydrogen-bond acceptors (Lipinski definition) is 5. The number of nitrogens with zero attached hydrogens (tertiary/aromatic N) is 4. The summed E-state index contributed by atoms with van der Waals surface area (Å²) in [6, 6.07) is 3.48. The summed E-state index contributed by atoms with van der Waals surface area (Å²) in [5.41, 5.74) is 0. The Labute approximate surface area is 180 Å². The first-order valence-corrected chi connectivity index (χ1v) is 13.0. The average molecular weight is 435 g/mol. The maximum atomic E-state index is 12.8. The Kier molecular flexibility index (Phi) is 6.93. The highest BCUT2D eigenvalue weighted by Crippen LogP contribution is 2.27. The highest BCUT2D eigenvalue weighted by molar-refractivity contribution is 7.89. The van der Waals surface area contributed by atoms with E-state index in [4.69, 9.17) is 0 Å². The van der Waals surface area contributed by atoms with Gasteiger partial charge < -0.3 is 9.80 Å². The van der Waals surface area contributed by atoms with Gasteiger partial charge in [-0.1, -0.05) is 25.7 Å². The van der Waals surface area contributed by atoms with Crippen molar-refractivity contribution in [2.24, 2.45) is 5.92 Å². The Morgan fingerprint density at radius 1 is 0.900 bits per heavy atom. The van der Waals surface area contributed by atoms with Crippen molar-refractivity contribution in [3.63, 3.8) is 0 Å². The molecule has 3 heterocycles. The van der Waals surface area contributed by atoms with Crippen molar-refractivity contribution in [2.75, 3.05) is 44.2 Å². The lowest BCUT2D eigenvalue weighted by Crippen LogP contribution is -2.49. The van der Waals surface area contributed by atoms with E-state index in [2.05, 4.69) is 9.88 Å². The molecule has 166 valence electrons. The first kappa shape index (κ1) is 21.6. The Hall–Kier alpha value is -1.67. The summed E-state index contributed by atoms with van der Waals surface area (Å²) in [6.07, 6.45) is 11.4. The summed E-state index contributed by atoms with van der Waals surface area (Å²) in [6.45, 7) is 4.09. The van der Waals surface area contributed by atoms with E-state index < -0.39 is 10.0 Å². The molecule has 1 aromatic rings. The number of pyridine rings is 1. The SMILES string of the molecule is O=C(CC1CCCCC1)N1CCN(c2ccc(S(=O)(=O)N3CCCCC3)cn2)CC1. The van der Waals surface area contributed by atoms with Crippen LogP contribution in [0.25, 0.3) is 0 Å². The second-order valence-electron chi connectivity index (χ2n) is 8.89. The van der Waals surface area contributed by atoms with Gasteiger partial charge in [0.25, 0.3) is 0 Å². The Bertz CT molecular complexity index is 807. The van der Waals surface area contributed by atoms with Crippen LogP contribution in [0, 0.1) is 5.92 Å². The molecular formula is C22H34N4O3S. The van der Waals surface area contributed by atoms with Gasteiger partial charge in [-0.15, -0.1) is 0 Å². The zero-order valence-corrected chi connectivity index (χ0v) is 18.7. The Morgan fingerprint density at radius 2 is 1.57 bits per heavy atom. The maximum absolute atomic E-state index is 12.8. The number of amides is 1. The van der Waals surface area contributed by atoms with Crippen LogP contribution in [0.15, 0.2) is 23.2 Å². The van der Waals surface area contributed by atoms with E-state index in [0.717, 1.165) is 38.2 Å². The van der Waals surface area contributed by atoms with Crippen LogP contribution in [0.5, 0.6) is 0 Å². The van der Waals surface area contributed by atoms with Crippen LogP contribution in [0.3, 0.4) is 0 Å². The predicted octanol–water partition coefficient (Wildman–Crippen LogP) is 2.88. The number of anilines is 1. The number of hydrogen-bond donors (Lipinski definition) is 0. The lowest BCUT2D eigenvalue weighted by molar-refractivity contribution is -0.132. The molecule has 8 heteroatoms. The van der Waals surface area contributed by atoms with E-state index in [1.165, 1.54) is 38.3 Å². The molecule has 0 N–H and O–H groups in total. The Balaban J connectivity index is 1.31. The van der Waals surface area contributed by atoms with E-state index in [9.17, 15) is 13.2 Å². The van der Waals surface area contributed by atoms with Gasteiger partial charge in [0.2, 0.25) is 15.9 Å². The summed E-state index contributed by atoms with van der Waals surface area (Å²) in [5.74, 6) is 1.64. The standard InChI is InChI=1S/C22H34N4O3S/c27-22(17-19-7-3-1-4-8-19)25-15-13-24(14-16-25)21-10-9-20(18-23-21)30(28,29)26-11-5-2-6-12-26/h9-10,18-19H,1-8,11-17H2. The molecule has 0 radical (unpaired) electrons. The summed E-state index contributed by atoms with van der Waals surface area (Å²) in [4.78, 5) is 21.5. The molecule has 4 rings (SSSR count). The summed E-state index contributed by atoms with van der Waals surface area (Å²) in [7, 11) is -3.44. The van der Waals surface area contributed by atoms with Gasteiger partial charge in [-0.2, -0.15) is 4.31 Å². The van der Waals surface area contributed by atoms with Crippen LogP contribution in [-0.2, 0) is 14.8 Å². The molecule has 0 atom stereocenters. The van der Waals surface area contributed by atoms with Gasteiger partial charge in [0.05, 0.1) is 0 Å². The molecule has 2 saturated heterocycles. The second kappa shape index (κ2) is 9.64. The second-order valence-corrected chi connectivity index (χ2v) is 10.8. The molecule has 3 aliphatic rings. The highest BCUT2D eigenvalue weighted by atomic mass is 32.2. The summed E-state index contributed by atoms with van der Waals surface area (Å²) in [5, 5.41) is 0. The lowest BCUT2D eigenvalue weighted by Gasteiger charge is -2.36. The van der Waals surface area contributed by atoms with E-state index in [-0.39, 0.29) is 10.8 Å². The number of piperazine rings is 1. The fourth-order valence-corrected chi connectivity index (χ4v) is 6.38. The van der Waals surface area contributed by atoms with Gasteiger partial charge in [0.1, 0.15) is 10.7 Å². The Morgan fingerprint density at radius 3 is 2.20 bits per heavy atom. The van der Waals surface area contributed by atoms with Crippen molar-refractivity contribution in [3.8, 4) is 0 Å². The minimum atomic E-state index is -3.44. The summed E-state index contributed by atoms with van der Waals surface area (Å²) >= 11 is 0. The third-order valence-electron chi connectivity index (χ3n) is 6.82. The molecule has 30 heavy (non-hydrogen) atoms. The van der Waals surface area contributed by atoms with Crippen molar-refractivity contribution < 1.29 is 13.2 Å². The molecule has 1 aromatic heterocycles. The van der Waals surface area contributed by atoms with Crippen molar-refractivity contribution in [3.05, 3.63) is 18.3 Å². The molecule has 2 aliphatic heterocycles. The number of rotatable bonds is 5. The maximum Gasteiger partial charge on any atom is 0.244 e. The van der Waals surface area contributed by atoms with Crippen LogP contribution in [-0.4, -0.2) is 67.8 Å². The van der Waals surface area contributed by atoms with Gasteiger partial charge in [0, 0.05) is 51.9 Å². The average Bonchev–Trinajstić information content (AvgIpc) is 2.80. The van der Waals surface area contributed by atoms with Crippen molar-refractivity contribution in [1.82, 2.24) is 14.2 Å². The van der Waals surface area contributed by atoms with Crippen molar-refractivity contribution in [2.45, 2.75) is 62.7 Å². The zero-order chi connectivity index (χ0) is 21.0. The van der Waals surface area contributed by atoms with Gasteiger partial charge in [-0.3, -0.25) is 4.79 Å². The summed E-state index contributed by atoms with van der Waals surface area (Å²) < 4.78 is 27.1. The zero-order valence-electron chi connectivity index (χ0n) is 17.8. The van der Waals surface area contributed by atoms with Crippen LogP contribution in [0.4, 0.5) is 5.82 Å². The van der Waals surface area contributed by atoms with Crippen molar-refractivity contribution in [1.29, 1.82) is 0 Å². The molecule has 0 spiro atoms. The van der Waals surface area contributed by atoms with Crippen LogP contribution in [0.1, 0.15) is 57.8 Å². The van der Waals surface area contributed by atoms with Crippen molar-refractivity contribution >= 4 is 21.7 Å². The molecule has 3 fully saturated rings. The fourth-order valence-electron chi connectivity index (χ4n) is 4.92. The van der Waals surface area contributed by atoms with E-state index in [1.54, 1.807) is 16.4 Å². The number of carbonyl (C=O) groups excluding carboxylic acids is 1. The highest BCUT2D eigenvalue weighted by Gasteiger charge is 2.28. The number of aromatic nitrogens is 1. The van der Waals surface area contributed by atoms with Gasteiger partial charge in [-0.05, 0) is 43.7 Å². The largest absolute Gasteiger partial charge is 0.353 e. The van der Waals surface area contributed by atoms with Crippen LogP contribution in [0.2, 0.25) is 0 Å². The third-order valence-corrected chi connectivity index (χ3v) is 8.70. The molecule has 0 unspecified atom stereocenters. The predicted molar refractivity (Wildman–Crippen MR) is 117 cm³/mol. The minimum absolute atomic E-state index is 0.273. The molecule has 7 nitrogen and oxygen atoms in total. The van der Waals surface area contributed by atoms with E-state index >= 15 is 0 Å². The number of piperidine rings is 1. The van der Waals surface area contributed by atoms with Crippen LogP contribution >= 0.6 is 0 Å². The smallest absolute Gasteiger partial charge is 0.244 e. The lowest BCUT2D eigenvalue weighted by atomic mass is 9.86. The van der Waals surface area contributed by atoms with Gasteiger partial charge in [0.15, 0.2) is 0 Å². The fraction of sp³-hybridized carbons (Fsp3) is 0.727. The first-order chi connectivity index (χ1) is 14.5. The molecular weight excluding hydrogens is 400 g/mol. The van der Waals surface area contributed by atoms with Gasteiger partial charge in [-0.25, -0.2) is 13.4 Å². The third kappa shape index (κ3) is 4.97. The van der Waals surface area contributed by atoms with Crippen LogP contribution < -0.4 is 4.90 Å². The minimum Gasteiger partial charge on any atom is -0.353 e. The monoisotopic (exact) mass is 434 g/mol. The topological polar surface area (TPSA) is 73.8 Å². The quantitative estimate of drug-likeness (QED) is 0.712. The number of carbonyl (C=O) groups is 1.